The van der Waals surface area contributed by atoms with Crippen molar-refractivity contribution in [1.29, 1.82) is 0 Å². The molecular formula is C41H34N4OS. The summed E-state index contributed by atoms with van der Waals surface area (Å²) in [4.78, 5) is 9.57. The molecule has 0 saturated heterocycles. The number of anilines is 3. The minimum Gasteiger partial charge on any atom is -0.457 e. The van der Waals surface area contributed by atoms with Gasteiger partial charge in [-0.1, -0.05) is 63.2 Å². The number of pyridine rings is 1. The van der Waals surface area contributed by atoms with E-state index in [1.165, 1.54) is 47.9 Å². The van der Waals surface area contributed by atoms with Crippen LogP contribution in [0.15, 0.2) is 121 Å². The van der Waals surface area contributed by atoms with Crippen LogP contribution in [-0.4, -0.2) is 23.3 Å². The molecule has 0 saturated carbocycles. The number of thiophene rings is 1. The van der Waals surface area contributed by atoms with Crippen molar-refractivity contribution < 1.29 is 4.74 Å². The van der Waals surface area contributed by atoms with Crippen molar-refractivity contribution in [3.05, 3.63) is 127 Å². The van der Waals surface area contributed by atoms with Gasteiger partial charge in [-0.25, -0.2) is 4.98 Å². The molecule has 0 unspecified atom stereocenters. The maximum absolute atomic E-state index is 6.61. The molecule has 0 amide bonds. The molecule has 6 heteroatoms. The molecule has 0 radical (unpaired) electrons. The van der Waals surface area contributed by atoms with E-state index >= 15 is 0 Å². The van der Waals surface area contributed by atoms with E-state index in [1.807, 2.05) is 23.6 Å². The molecule has 230 valence electrons. The maximum atomic E-state index is 6.61. The topological polar surface area (TPSA) is 33.5 Å². The highest BCUT2D eigenvalue weighted by Gasteiger charge is 2.28. The minimum atomic E-state index is 0.0178. The number of benzene rings is 5. The minimum absolute atomic E-state index is 0.0178. The Kier molecular flexibility index (Phi) is 6.15. The van der Waals surface area contributed by atoms with Crippen LogP contribution < -0.4 is 14.5 Å². The Bertz CT molecular complexity index is 2500. The summed E-state index contributed by atoms with van der Waals surface area (Å²) in [5.41, 5.74) is 7.07. The molecule has 0 N–H and O–H groups in total. The van der Waals surface area contributed by atoms with E-state index in [0.717, 1.165) is 40.7 Å². The lowest BCUT2D eigenvalue weighted by molar-refractivity contribution is 0.483. The Hall–Kier alpha value is -5.33. The Morgan fingerprint density at radius 2 is 1.49 bits per heavy atom. The first kappa shape index (κ1) is 27.9. The van der Waals surface area contributed by atoms with Crippen molar-refractivity contribution in [2.75, 3.05) is 23.5 Å². The van der Waals surface area contributed by atoms with Crippen LogP contribution in [-0.2, 0) is 5.41 Å². The van der Waals surface area contributed by atoms with Crippen molar-refractivity contribution in [2.45, 2.75) is 26.2 Å². The highest BCUT2D eigenvalue weighted by molar-refractivity contribution is 7.26. The Balaban J connectivity index is 1.11. The fourth-order valence-corrected chi connectivity index (χ4v) is 8.20. The van der Waals surface area contributed by atoms with Gasteiger partial charge in [0.2, 0.25) is 0 Å². The second-order valence-corrected chi connectivity index (χ2v) is 14.5. The van der Waals surface area contributed by atoms with E-state index in [1.54, 1.807) is 0 Å². The van der Waals surface area contributed by atoms with Gasteiger partial charge < -0.3 is 14.5 Å². The van der Waals surface area contributed by atoms with Crippen molar-refractivity contribution in [3.8, 4) is 17.3 Å². The van der Waals surface area contributed by atoms with Gasteiger partial charge in [-0.05, 0) is 71.6 Å². The van der Waals surface area contributed by atoms with Crippen LogP contribution in [0.3, 0.4) is 0 Å². The average molecular weight is 631 g/mol. The summed E-state index contributed by atoms with van der Waals surface area (Å²) < 4.78 is 11.5. The first-order valence-electron chi connectivity index (χ1n) is 16.0. The van der Waals surface area contributed by atoms with Gasteiger partial charge in [-0.15, -0.1) is 11.3 Å². The zero-order valence-electron chi connectivity index (χ0n) is 26.9. The maximum Gasteiger partial charge on any atom is 0.137 e. The summed E-state index contributed by atoms with van der Waals surface area (Å²) in [6.07, 6.45) is 1.92. The monoisotopic (exact) mass is 630 g/mol. The van der Waals surface area contributed by atoms with Crippen LogP contribution in [0.25, 0.3) is 47.8 Å². The fourth-order valence-electron chi connectivity index (χ4n) is 7.09. The third kappa shape index (κ3) is 4.47. The number of hydrogen-bond donors (Lipinski definition) is 0. The van der Waals surface area contributed by atoms with E-state index in [4.69, 9.17) is 9.72 Å². The number of para-hydroxylation sites is 1. The lowest BCUT2D eigenvalue weighted by atomic mass is 9.88. The zero-order chi connectivity index (χ0) is 31.9. The van der Waals surface area contributed by atoms with Crippen LogP contribution in [0.4, 0.5) is 17.1 Å². The van der Waals surface area contributed by atoms with Crippen molar-refractivity contribution in [1.82, 2.24) is 9.55 Å². The lowest BCUT2D eigenvalue weighted by Gasteiger charge is -2.20. The Morgan fingerprint density at radius 1 is 0.702 bits per heavy atom. The van der Waals surface area contributed by atoms with Gasteiger partial charge in [0.1, 0.15) is 17.3 Å². The summed E-state index contributed by atoms with van der Waals surface area (Å²) in [6.45, 7) is 7.49. The largest absolute Gasteiger partial charge is 0.457 e. The number of hydrogen-bond acceptors (Lipinski definition) is 5. The summed E-state index contributed by atoms with van der Waals surface area (Å²) in [5.74, 6) is 2.50. The van der Waals surface area contributed by atoms with Gasteiger partial charge in [-0.3, -0.25) is 4.57 Å². The Labute approximate surface area is 277 Å². The SMILES string of the molecule is CN1CN(c2cccc(Oc3ccc4c5ccccc5n(-c5cc(C(C)(C)C)ccn5)c4c3)c2)c2ccc3sc4ccccc4c3c21. The summed E-state index contributed by atoms with van der Waals surface area (Å²) in [7, 11) is 2.19. The van der Waals surface area contributed by atoms with Crippen LogP contribution in [0, 0.1) is 0 Å². The highest BCUT2D eigenvalue weighted by Crippen LogP contribution is 2.49. The van der Waals surface area contributed by atoms with Gasteiger partial charge >= 0.3 is 0 Å². The number of aromatic nitrogens is 2. The molecule has 1 aliphatic rings. The molecule has 8 aromatic rings. The summed E-state index contributed by atoms with van der Waals surface area (Å²) >= 11 is 1.86. The fraction of sp³-hybridized carbons (Fsp3) is 0.146. The van der Waals surface area contributed by atoms with E-state index in [9.17, 15) is 0 Å². The average Bonchev–Trinajstić information content (AvgIpc) is 3.73. The van der Waals surface area contributed by atoms with E-state index in [-0.39, 0.29) is 5.41 Å². The first-order chi connectivity index (χ1) is 22.8. The summed E-state index contributed by atoms with van der Waals surface area (Å²) in [6, 6.07) is 40.9. The van der Waals surface area contributed by atoms with Crippen molar-refractivity contribution in [3.63, 3.8) is 0 Å². The highest BCUT2D eigenvalue weighted by atomic mass is 32.1. The molecule has 3 aromatic heterocycles. The molecule has 0 atom stereocenters. The third-order valence-electron chi connectivity index (χ3n) is 9.37. The number of nitrogens with zero attached hydrogens (tertiary/aromatic N) is 4. The van der Waals surface area contributed by atoms with Crippen LogP contribution >= 0.6 is 11.3 Å². The number of rotatable bonds is 4. The van der Waals surface area contributed by atoms with Crippen LogP contribution in [0.5, 0.6) is 11.5 Å². The first-order valence-corrected chi connectivity index (χ1v) is 16.9. The van der Waals surface area contributed by atoms with E-state index in [0.29, 0.717) is 0 Å². The molecule has 5 nitrogen and oxygen atoms in total. The van der Waals surface area contributed by atoms with Crippen LogP contribution in [0.2, 0.25) is 0 Å². The second kappa shape index (κ2) is 10.3. The molecule has 0 spiro atoms. The van der Waals surface area contributed by atoms with Gasteiger partial charge in [0.25, 0.3) is 0 Å². The second-order valence-electron chi connectivity index (χ2n) is 13.5. The third-order valence-corrected chi connectivity index (χ3v) is 10.5. The summed E-state index contributed by atoms with van der Waals surface area (Å²) in [5, 5.41) is 5.03. The predicted molar refractivity (Wildman–Crippen MR) is 199 cm³/mol. The molecule has 0 bridgehead atoms. The molecule has 1 aliphatic heterocycles. The standard InChI is InChI=1S/C41H34N4OS/c1-41(2,3)26-20-21-42-38(22-26)45-33-14-7-5-12-30(33)31-17-16-29(24-35(31)45)46-28-11-9-10-27(23-28)44-25-43(4)40-34(44)18-19-37-39(40)32-13-6-8-15-36(32)47-37/h5-24H,25H2,1-4H3. The zero-order valence-corrected chi connectivity index (χ0v) is 27.7. The molecule has 0 fully saturated rings. The molecule has 0 aliphatic carbocycles. The number of ether oxygens (including phenoxy) is 1. The van der Waals surface area contributed by atoms with Gasteiger partial charge in [0, 0.05) is 62.0 Å². The lowest BCUT2D eigenvalue weighted by Crippen LogP contribution is -2.23. The smallest absolute Gasteiger partial charge is 0.137 e. The van der Waals surface area contributed by atoms with Crippen molar-refractivity contribution in [2.24, 2.45) is 0 Å². The normalized spacial score (nSPS) is 13.4. The molecule has 5 aromatic carbocycles. The predicted octanol–water partition coefficient (Wildman–Crippen LogP) is 11.2. The van der Waals surface area contributed by atoms with Crippen molar-refractivity contribution >= 4 is 70.4 Å². The van der Waals surface area contributed by atoms with Crippen LogP contribution in [0.1, 0.15) is 26.3 Å². The van der Waals surface area contributed by atoms with Gasteiger partial charge in [-0.2, -0.15) is 0 Å². The molecule has 47 heavy (non-hydrogen) atoms. The molecular weight excluding hydrogens is 597 g/mol. The Morgan fingerprint density at radius 3 is 2.36 bits per heavy atom. The quantitative estimate of drug-likeness (QED) is 0.194. The number of fused-ring (bicyclic) bond motifs is 8. The van der Waals surface area contributed by atoms with Gasteiger partial charge in [0.05, 0.1) is 29.1 Å². The van der Waals surface area contributed by atoms with E-state index in [2.05, 4.69) is 151 Å². The van der Waals surface area contributed by atoms with E-state index < -0.39 is 0 Å². The van der Waals surface area contributed by atoms with Gasteiger partial charge in [0.15, 0.2) is 0 Å². The molecule has 9 rings (SSSR count). The molecule has 4 heterocycles.